The van der Waals surface area contributed by atoms with Crippen LogP contribution in [0.15, 0.2) is 4.90 Å². The van der Waals surface area contributed by atoms with Gasteiger partial charge in [0.15, 0.2) is 5.78 Å². The highest BCUT2D eigenvalue weighted by Gasteiger charge is 2.21. The van der Waals surface area contributed by atoms with E-state index in [1.54, 1.807) is 11.8 Å². The second-order valence-electron chi connectivity index (χ2n) is 4.93. The van der Waals surface area contributed by atoms with Crippen LogP contribution in [0, 0.1) is 5.92 Å². The van der Waals surface area contributed by atoms with Crippen LogP contribution in [-0.4, -0.2) is 31.8 Å². The number of nitrogens with two attached hydrogens (primary N) is 1. The zero-order valence-corrected chi connectivity index (χ0v) is 13.7. The van der Waals surface area contributed by atoms with Gasteiger partial charge in [0, 0.05) is 19.6 Å². The van der Waals surface area contributed by atoms with E-state index in [-0.39, 0.29) is 5.78 Å². The third-order valence-corrected chi connectivity index (χ3v) is 5.43. The molecule has 1 aromatic rings. The Balaban J connectivity index is 1.89. The molecule has 0 amide bonds. The Morgan fingerprint density at radius 3 is 2.90 bits per heavy atom. The van der Waals surface area contributed by atoms with Gasteiger partial charge in [-0.05, 0) is 25.0 Å². The van der Waals surface area contributed by atoms with Crippen LogP contribution in [-0.2, 0) is 4.74 Å². The molecular weight excluding hydrogens is 292 g/mol. The Morgan fingerprint density at radius 1 is 1.55 bits per heavy atom. The summed E-state index contributed by atoms with van der Waals surface area (Å²) in [5.41, 5.74) is 6.69. The number of Topliss-reactive ketones (excluding diaryl/α,β-unsaturated/α-hetero) is 1. The number of carbonyl (C=O) groups is 1. The normalized spacial score (nSPS) is 14.5. The number of ether oxygens (including phenoxy) is 1. The minimum absolute atomic E-state index is 0.112. The highest BCUT2D eigenvalue weighted by molar-refractivity contribution is 7.99. The van der Waals surface area contributed by atoms with Gasteiger partial charge in [-0.2, -0.15) is 0 Å². The van der Waals surface area contributed by atoms with Crippen LogP contribution in [0.3, 0.4) is 0 Å². The minimum Gasteiger partial charge on any atom is -0.396 e. The fourth-order valence-electron chi connectivity index (χ4n) is 1.89. The van der Waals surface area contributed by atoms with Crippen LogP contribution in [0.5, 0.6) is 0 Å². The van der Waals surface area contributed by atoms with Crippen LogP contribution in [0.2, 0.25) is 0 Å². The number of nitrogens with one attached hydrogen (secondary N) is 1. The van der Waals surface area contributed by atoms with E-state index >= 15 is 0 Å². The maximum atomic E-state index is 11.8. The lowest BCUT2D eigenvalue weighted by atomic mass is 10.2. The summed E-state index contributed by atoms with van der Waals surface area (Å²) in [5.74, 6) is 0.906. The molecule has 0 unspecified atom stereocenters. The number of hydrogen-bond donors (Lipinski definition) is 2. The van der Waals surface area contributed by atoms with Crippen molar-refractivity contribution in [1.29, 1.82) is 0 Å². The zero-order valence-electron chi connectivity index (χ0n) is 12.0. The smallest absolute Gasteiger partial charge is 0.174 e. The Hall–Kier alpha value is -0.720. The van der Waals surface area contributed by atoms with Crippen molar-refractivity contribution in [2.45, 2.75) is 31.1 Å². The molecule has 1 heterocycles. The topological polar surface area (TPSA) is 64.3 Å². The largest absolute Gasteiger partial charge is 0.396 e. The molecule has 0 bridgehead atoms. The third kappa shape index (κ3) is 3.90. The molecular formula is C14H22N2O2S2. The summed E-state index contributed by atoms with van der Waals surface area (Å²) >= 11 is 3.04. The summed E-state index contributed by atoms with van der Waals surface area (Å²) in [7, 11) is 0. The molecule has 1 fully saturated rings. The quantitative estimate of drug-likeness (QED) is 0.415. The molecule has 0 aromatic carbocycles. The molecule has 112 valence electrons. The molecule has 20 heavy (non-hydrogen) atoms. The van der Waals surface area contributed by atoms with Crippen molar-refractivity contribution < 1.29 is 9.53 Å². The van der Waals surface area contributed by atoms with E-state index in [1.165, 1.54) is 24.2 Å². The fraction of sp³-hybridized carbons (Fsp3) is 0.643. The number of carbonyl (C=O) groups excluding carboxylic acids is 1. The van der Waals surface area contributed by atoms with Gasteiger partial charge < -0.3 is 15.8 Å². The number of rotatable bonds is 9. The molecule has 6 heteroatoms. The van der Waals surface area contributed by atoms with Gasteiger partial charge in [0.05, 0.1) is 22.1 Å². The Morgan fingerprint density at radius 2 is 2.30 bits per heavy atom. The van der Waals surface area contributed by atoms with Crippen molar-refractivity contribution >= 4 is 39.6 Å². The van der Waals surface area contributed by atoms with Gasteiger partial charge in [0.1, 0.15) is 5.00 Å². The van der Waals surface area contributed by atoms with Gasteiger partial charge in [-0.3, -0.25) is 4.79 Å². The van der Waals surface area contributed by atoms with Crippen LogP contribution in [0.4, 0.5) is 10.7 Å². The summed E-state index contributed by atoms with van der Waals surface area (Å²) < 4.78 is 5.60. The van der Waals surface area contributed by atoms with E-state index in [9.17, 15) is 4.79 Å². The van der Waals surface area contributed by atoms with Crippen molar-refractivity contribution in [2.75, 3.05) is 37.1 Å². The first kappa shape index (κ1) is 15.7. The molecule has 1 saturated carbocycles. The van der Waals surface area contributed by atoms with Gasteiger partial charge in [0.25, 0.3) is 0 Å². The number of anilines is 2. The minimum atomic E-state index is 0.112. The monoisotopic (exact) mass is 314 g/mol. The van der Waals surface area contributed by atoms with Crippen molar-refractivity contribution in [3.63, 3.8) is 0 Å². The van der Waals surface area contributed by atoms with Crippen molar-refractivity contribution in [3.8, 4) is 0 Å². The predicted octanol–water partition coefficient (Wildman–Crippen LogP) is 3.48. The lowest BCUT2D eigenvalue weighted by Crippen LogP contribution is -2.10. The number of nitrogen functional groups attached to an aromatic ring is 1. The molecule has 0 saturated heterocycles. The summed E-state index contributed by atoms with van der Waals surface area (Å²) in [4.78, 5) is 13.5. The molecule has 0 radical (unpaired) electrons. The first-order valence-corrected chi connectivity index (χ1v) is 9.02. The Bertz CT molecular complexity index is 470. The summed E-state index contributed by atoms with van der Waals surface area (Å²) in [6.45, 7) is 4.18. The highest BCUT2D eigenvalue weighted by atomic mass is 32.2. The maximum Gasteiger partial charge on any atom is 0.174 e. The van der Waals surface area contributed by atoms with E-state index in [2.05, 4.69) is 5.32 Å². The second-order valence-corrected chi connectivity index (χ2v) is 6.77. The van der Waals surface area contributed by atoms with E-state index in [0.717, 1.165) is 29.0 Å². The molecule has 1 aliphatic carbocycles. The predicted molar refractivity (Wildman–Crippen MR) is 87.2 cm³/mol. The summed E-state index contributed by atoms with van der Waals surface area (Å²) in [5, 5.41) is 4.33. The lowest BCUT2D eigenvalue weighted by Gasteiger charge is -2.06. The van der Waals surface area contributed by atoms with Crippen molar-refractivity contribution in [1.82, 2.24) is 0 Å². The van der Waals surface area contributed by atoms with E-state index in [0.29, 0.717) is 23.6 Å². The van der Waals surface area contributed by atoms with Gasteiger partial charge in [-0.1, -0.05) is 6.92 Å². The van der Waals surface area contributed by atoms with Crippen LogP contribution < -0.4 is 11.1 Å². The number of thiophene rings is 1. The number of thioether (sulfide) groups is 1. The van der Waals surface area contributed by atoms with Gasteiger partial charge >= 0.3 is 0 Å². The molecule has 4 nitrogen and oxygen atoms in total. The van der Waals surface area contributed by atoms with Crippen molar-refractivity contribution in [3.05, 3.63) is 4.88 Å². The first-order valence-electron chi connectivity index (χ1n) is 6.98. The van der Waals surface area contributed by atoms with Crippen LogP contribution in [0.25, 0.3) is 0 Å². The van der Waals surface area contributed by atoms with E-state index in [4.69, 9.17) is 10.5 Å². The molecule has 0 spiro atoms. The standard InChI is InChI=1S/C14H22N2O2S2/c1-3-10(17)12-11(15)13(19-2)14(20-12)16-6-7-18-8-9-4-5-9/h9,16H,3-8,15H2,1-2H3. The molecule has 0 atom stereocenters. The van der Waals surface area contributed by atoms with Crippen LogP contribution in [0.1, 0.15) is 35.9 Å². The number of hydrogen-bond acceptors (Lipinski definition) is 6. The van der Waals surface area contributed by atoms with Crippen LogP contribution >= 0.6 is 23.1 Å². The molecule has 0 aliphatic heterocycles. The van der Waals surface area contributed by atoms with Gasteiger partial charge in [-0.15, -0.1) is 23.1 Å². The van der Waals surface area contributed by atoms with Gasteiger partial charge in [0.2, 0.25) is 0 Å². The van der Waals surface area contributed by atoms with E-state index in [1.807, 2.05) is 13.2 Å². The first-order chi connectivity index (χ1) is 9.67. The zero-order chi connectivity index (χ0) is 14.5. The summed E-state index contributed by atoms with van der Waals surface area (Å²) in [6.07, 6.45) is 5.10. The molecule has 3 N–H and O–H groups in total. The van der Waals surface area contributed by atoms with Crippen molar-refractivity contribution in [2.24, 2.45) is 5.92 Å². The summed E-state index contributed by atoms with van der Waals surface area (Å²) in [6, 6.07) is 0. The molecule has 1 aromatic heterocycles. The maximum absolute atomic E-state index is 11.8. The highest BCUT2D eigenvalue weighted by Crippen LogP contribution is 2.42. The lowest BCUT2D eigenvalue weighted by molar-refractivity contribution is 0.0992. The fourth-order valence-corrected chi connectivity index (χ4v) is 3.96. The average molecular weight is 314 g/mol. The van der Waals surface area contributed by atoms with E-state index < -0.39 is 0 Å². The van der Waals surface area contributed by atoms with Gasteiger partial charge in [-0.25, -0.2) is 0 Å². The average Bonchev–Trinajstić information content (AvgIpc) is 3.21. The SMILES string of the molecule is CCC(=O)c1sc(NCCOCC2CC2)c(SC)c1N. The Kier molecular flexibility index (Phi) is 5.74. The third-order valence-electron chi connectivity index (χ3n) is 3.26. The Labute approximate surface area is 128 Å². The second kappa shape index (κ2) is 7.33. The molecule has 1 aliphatic rings. The molecule has 2 rings (SSSR count). The number of ketones is 1.